The minimum absolute atomic E-state index is 0.456. The second kappa shape index (κ2) is 6.11. The van der Waals surface area contributed by atoms with E-state index in [2.05, 4.69) is 15.0 Å². The molecule has 4 aromatic rings. The van der Waals surface area contributed by atoms with Crippen molar-refractivity contribution in [2.75, 3.05) is 0 Å². The standard InChI is InChI=1S/C19H15N3OS/c1-13-7-6-12-20-18(13)14-8-2-5-11-17(14)24(23)19-21-15-9-3-4-10-16(15)22-19/h2-12H,1H3,(H,21,22). The molecular weight excluding hydrogens is 318 g/mol. The molecule has 1 atom stereocenters. The summed E-state index contributed by atoms with van der Waals surface area (Å²) in [4.78, 5) is 12.8. The molecule has 0 aliphatic heterocycles. The number of fused-ring (bicyclic) bond motifs is 1. The summed E-state index contributed by atoms with van der Waals surface area (Å²) in [5.74, 6) is 0. The summed E-state index contributed by atoms with van der Waals surface area (Å²) >= 11 is -1.41. The number of aryl methyl sites for hydroxylation is 1. The van der Waals surface area contributed by atoms with Gasteiger partial charge in [-0.3, -0.25) is 9.97 Å². The highest BCUT2D eigenvalue weighted by Gasteiger charge is 2.24. The normalized spacial score (nSPS) is 12.4. The summed E-state index contributed by atoms with van der Waals surface area (Å²) in [6.45, 7) is 2.00. The average Bonchev–Trinajstić information content (AvgIpc) is 3.06. The van der Waals surface area contributed by atoms with Crippen LogP contribution in [-0.2, 0) is 11.2 Å². The zero-order valence-corrected chi connectivity index (χ0v) is 13.9. The first-order valence-corrected chi connectivity index (χ1v) is 8.76. The van der Waals surface area contributed by atoms with Gasteiger partial charge in [-0.2, -0.15) is 4.98 Å². The third-order valence-corrected chi connectivity index (χ3v) is 5.19. The Morgan fingerprint density at radius 1 is 0.958 bits per heavy atom. The number of imidazole rings is 1. The number of hydrogen-bond acceptors (Lipinski definition) is 3. The van der Waals surface area contributed by atoms with E-state index < -0.39 is 11.2 Å². The highest BCUT2D eigenvalue weighted by Crippen LogP contribution is 2.31. The maximum atomic E-state index is 13.1. The van der Waals surface area contributed by atoms with Gasteiger partial charge in [-0.1, -0.05) is 30.3 Å². The maximum absolute atomic E-state index is 13.1. The first kappa shape index (κ1) is 14.9. The number of pyridine rings is 1. The van der Waals surface area contributed by atoms with E-state index in [4.69, 9.17) is 0 Å². The molecule has 2 aromatic carbocycles. The van der Waals surface area contributed by atoms with Crippen molar-refractivity contribution in [2.45, 2.75) is 17.0 Å². The van der Waals surface area contributed by atoms with Crippen LogP contribution in [0.4, 0.5) is 0 Å². The van der Waals surface area contributed by atoms with Gasteiger partial charge in [0.1, 0.15) is 0 Å². The summed E-state index contributed by atoms with van der Waals surface area (Å²) in [7, 11) is 0. The van der Waals surface area contributed by atoms with Gasteiger partial charge in [-0.25, -0.2) is 0 Å². The van der Waals surface area contributed by atoms with Crippen molar-refractivity contribution in [1.29, 1.82) is 0 Å². The number of rotatable bonds is 3. The molecular formula is C19H15N3OS. The lowest BCUT2D eigenvalue weighted by atomic mass is 10.1. The molecule has 0 bridgehead atoms. The van der Waals surface area contributed by atoms with Gasteiger partial charge in [0.15, 0.2) is 4.90 Å². The van der Waals surface area contributed by atoms with E-state index in [0.29, 0.717) is 10.1 Å². The van der Waals surface area contributed by atoms with Crippen molar-refractivity contribution in [2.24, 2.45) is 0 Å². The van der Waals surface area contributed by atoms with Crippen LogP contribution < -0.4 is 0 Å². The molecule has 118 valence electrons. The van der Waals surface area contributed by atoms with Gasteiger partial charge >= 0.3 is 5.16 Å². The number of aromatic nitrogens is 3. The van der Waals surface area contributed by atoms with E-state index in [9.17, 15) is 4.55 Å². The zero-order valence-electron chi connectivity index (χ0n) is 13.1. The SMILES string of the molecule is Cc1cccnc1-c1ccccc1[S+]([O-])c1nc2ccccc2[nH]1. The maximum Gasteiger partial charge on any atom is 0.327 e. The van der Waals surface area contributed by atoms with E-state index in [-0.39, 0.29) is 0 Å². The van der Waals surface area contributed by atoms with Crippen molar-refractivity contribution in [1.82, 2.24) is 15.0 Å². The first-order chi connectivity index (χ1) is 11.7. The van der Waals surface area contributed by atoms with Crippen LogP contribution in [0.5, 0.6) is 0 Å². The van der Waals surface area contributed by atoms with E-state index in [1.54, 1.807) is 6.20 Å². The number of H-pyrrole nitrogens is 1. The average molecular weight is 333 g/mol. The van der Waals surface area contributed by atoms with Crippen LogP contribution in [0.2, 0.25) is 0 Å². The van der Waals surface area contributed by atoms with Gasteiger partial charge in [-0.05, 0) is 42.8 Å². The molecule has 4 rings (SSSR count). The Hall–Kier alpha value is -2.63. The van der Waals surface area contributed by atoms with Crippen LogP contribution in [0.15, 0.2) is 76.9 Å². The minimum atomic E-state index is -1.41. The summed E-state index contributed by atoms with van der Waals surface area (Å²) in [5, 5.41) is 0.456. The van der Waals surface area contributed by atoms with E-state index in [0.717, 1.165) is 27.9 Å². The third kappa shape index (κ3) is 2.58. The van der Waals surface area contributed by atoms with Crippen molar-refractivity contribution in [3.63, 3.8) is 0 Å². The Balaban J connectivity index is 1.83. The Labute approximate surface area is 142 Å². The largest absolute Gasteiger partial charge is 0.604 e. The number of para-hydroxylation sites is 2. The van der Waals surface area contributed by atoms with Crippen molar-refractivity contribution < 1.29 is 4.55 Å². The fraction of sp³-hybridized carbons (Fsp3) is 0.0526. The molecule has 0 aliphatic carbocycles. The molecule has 0 aliphatic rings. The van der Waals surface area contributed by atoms with Crippen LogP contribution in [0.1, 0.15) is 5.56 Å². The van der Waals surface area contributed by atoms with Crippen LogP contribution >= 0.6 is 0 Å². The predicted octanol–water partition coefficient (Wildman–Crippen LogP) is 4.10. The Kier molecular flexibility index (Phi) is 3.80. The molecule has 0 radical (unpaired) electrons. The summed E-state index contributed by atoms with van der Waals surface area (Å²) in [6, 6.07) is 19.2. The molecule has 0 saturated carbocycles. The van der Waals surface area contributed by atoms with Crippen LogP contribution in [0.25, 0.3) is 22.3 Å². The first-order valence-electron chi connectivity index (χ1n) is 7.61. The lowest BCUT2D eigenvalue weighted by molar-refractivity contribution is 0.588. The van der Waals surface area contributed by atoms with Gasteiger partial charge < -0.3 is 4.55 Å². The van der Waals surface area contributed by atoms with Gasteiger partial charge in [-0.15, -0.1) is 0 Å². The summed E-state index contributed by atoms with van der Waals surface area (Å²) < 4.78 is 13.1. The fourth-order valence-electron chi connectivity index (χ4n) is 2.71. The monoisotopic (exact) mass is 333 g/mol. The van der Waals surface area contributed by atoms with Crippen molar-refractivity contribution >= 4 is 22.2 Å². The molecule has 5 heteroatoms. The zero-order chi connectivity index (χ0) is 16.5. The van der Waals surface area contributed by atoms with Gasteiger partial charge in [0.05, 0.1) is 33.5 Å². The number of nitrogens with zero attached hydrogens (tertiary/aromatic N) is 2. The van der Waals surface area contributed by atoms with Crippen molar-refractivity contribution in [3.05, 3.63) is 72.4 Å². The predicted molar refractivity (Wildman–Crippen MR) is 95.2 cm³/mol. The van der Waals surface area contributed by atoms with Gasteiger partial charge in [0, 0.05) is 6.20 Å². The smallest absolute Gasteiger partial charge is 0.327 e. The highest BCUT2D eigenvalue weighted by molar-refractivity contribution is 7.91. The Morgan fingerprint density at radius 3 is 2.58 bits per heavy atom. The quantitative estimate of drug-likeness (QED) is 0.574. The van der Waals surface area contributed by atoms with Crippen LogP contribution in [0, 0.1) is 6.92 Å². The molecule has 24 heavy (non-hydrogen) atoms. The molecule has 1 N–H and O–H groups in total. The lowest BCUT2D eigenvalue weighted by Gasteiger charge is -2.12. The summed E-state index contributed by atoms with van der Waals surface area (Å²) in [5.41, 5.74) is 4.46. The Morgan fingerprint density at radius 2 is 1.75 bits per heavy atom. The summed E-state index contributed by atoms with van der Waals surface area (Å²) in [6.07, 6.45) is 1.75. The van der Waals surface area contributed by atoms with Gasteiger partial charge in [0.2, 0.25) is 0 Å². The van der Waals surface area contributed by atoms with Crippen molar-refractivity contribution in [3.8, 4) is 11.3 Å². The lowest BCUT2D eigenvalue weighted by Crippen LogP contribution is -2.06. The molecule has 0 saturated heterocycles. The van der Waals surface area contributed by atoms with E-state index in [1.165, 1.54) is 0 Å². The number of hydrogen-bond donors (Lipinski definition) is 1. The number of aromatic amines is 1. The molecule has 0 amide bonds. The molecule has 0 spiro atoms. The molecule has 2 aromatic heterocycles. The highest BCUT2D eigenvalue weighted by atomic mass is 32.2. The third-order valence-electron chi connectivity index (χ3n) is 3.89. The number of benzene rings is 2. The molecule has 4 nitrogen and oxygen atoms in total. The fourth-order valence-corrected chi connectivity index (χ4v) is 3.87. The van der Waals surface area contributed by atoms with Crippen LogP contribution in [0.3, 0.4) is 0 Å². The minimum Gasteiger partial charge on any atom is -0.604 e. The molecule has 0 fully saturated rings. The van der Waals surface area contributed by atoms with Crippen LogP contribution in [-0.4, -0.2) is 19.5 Å². The second-order valence-electron chi connectivity index (χ2n) is 5.49. The van der Waals surface area contributed by atoms with E-state index >= 15 is 0 Å². The van der Waals surface area contributed by atoms with Gasteiger partial charge in [0.25, 0.3) is 0 Å². The second-order valence-corrected chi connectivity index (χ2v) is 6.86. The molecule has 2 heterocycles. The molecule has 1 unspecified atom stereocenters. The Bertz CT molecular complexity index is 979. The van der Waals surface area contributed by atoms with E-state index in [1.807, 2.05) is 67.6 Å². The topological polar surface area (TPSA) is 64.6 Å². The number of nitrogens with one attached hydrogen (secondary N) is 1.